The maximum atomic E-state index is 12.5. The van der Waals surface area contributed by atoms with Gasteiger partial charge in [0.2, 0.25) is 0 Å². The monoisotopic (exact) mass is 180 g/mol. The summed E-state index contributed by atoms with van der Waals surface area (Å²) in [5.74, 6) is -1.04. The van der Waals surface area contributed by atoms with Crippen molar-refractivity contribution < 1.29 is 14.3 Å². The Morgan fingerprint density at radius 3 is 3.00 bits per heavy atom. The molecule has 5 heteroatoms. The van der Waals surface area contributed by atoms with Crippen molar-refractivity contribution in [1.82, 2.24) is 9.97 Å². The second-order valence-electron chi connectivity index (χ2n) is 2.56. The van der Waals surface area contributed by atoms with Crippen LogP contribution in [-0.4, -0.2) is 21.0 Å². The van der Waals surface area contributed by atoms with Gasteiger partial charge in [-0.2, -0.15) is 4.39 Å². The Hall–Kier alpha value is -1.91. The van der Waals surface area contributed by atoms with Crippen LogP contribution in [0, 0.1) is 6.08 Å². The van der Waals surface area contributed by atoms with E-state index in [0.29, 0.717) is 11.0 Å². The molecule has 0 amide bonds. The maximum absolute atomic E-state index is 12.5. The fourth-order valence-corrected chi connectivity index (χ4v) is 1.11. The minimum atomic E-state index is -1.04. The van der Waals surface area contributed by atoms with Crippen molar-refractivity contribution in [2.45, 2.75) is 0 Å². The van der Waals surface area contributed by atoms with Gasteiger partial charge in [0.05, 0.1) is 16.6 Å². The Bertz CT molecular complexity index is 478. The number of hydrogen-bond donors (Lipinski definition) is 2. The van der Waals surface area contributed by atoms with E-state index in [-0.39, 0.29) is 5.56 Å². The molecule has 2 aromatic rings. The fourth-order valence-electron chi connectivity index (χ4n) is 1.11. The standard InChI is InChI=1S/C8H5FN2O2/c9-8-10-5-2-1-4(7(12)13)3-6(5)11-8/h1-3H,(H,10,11)(H,12,13). The highest BCUT2D eigenvalue weighted by Crippen LogP contribution is 2.12. The third-order valence-corrected chi connectivity index (χ3v) is 1.70. The molecule has 2 N–H and O–H groups in total. The summed E-state index contributed by atoms with van der Waals surface area (Å²) in [6.45, 7) is 0. The molecule has 0 radical (unpaired) electrons. The van der Waals surface area contributed by atoms with Crippen LogP contribution in [0.5, 0.6) is 0 Å². The van der Waals surface area contributed by atoms with Gasteiger partial charge in [-0.15, -0.1) is 0 Å². The topological polar surface area (TPSA) is 66.0 Å². The molecule has 0 fully saturated rings. The van der Waals surface area contributed by atoms with Crippen molar-refractivity contribution in [1.29, 1.82) is 0 Å². The Morgan fingerprint density at radius 2 is 2.31 bits per heavy atom. The molecule has 1 heterocycles. The lowest BCUT2D eigenvalue weighted by atomic mass is 10.2. The number of nitrogens with one attached hydrogen (secondary N) is 1. The molecular formula is C8H5FN2O2. The molecule has 0 aliphatic carbocycles. The number of imidazole rings is 1. The number of carboxylic acid groups (broad SMARTS) is 1. The minimum Gasteiger partial charge on any atom is -0.478 e. The first-order valence-electron chi connectivity index (χ1n) is 3.55. The second-order valence-corrected chi connectivity index (χ2v) is 2.56. The van der Waals surface area contributed by atoms with Gasteiger partial charge in [0.25, 0.3) is 6.08 Å². The number of rotatable bonds is 1. The summed E-state index contributed by atoms with van der Waals surface area (Å²) < 4.78 is 12.5. The molecule has 0 aliphatic heterocycles. The van der Waals surface area contributed by atoms with Crippen molar-refractivity contribution in [3.63, 3.8) is 0 Å². The molecule has 1 aromatic heterocycles. The van der Waals surface area contributed by atoms with E-state index in [2.05, 4.69) is 9.97 Å². The summed E-state index contributed by atoms with van der Waals surface area (Å²) in [6, 6.07) is 4.18. The lowest BCUT2D eigenvalue weighted by Crippen LogP contribution is -1.94. The Morgan fingerprint density at radius 1 is 1.54 bits per heavy atom. The van der Waals surface area contributed by atoms with Gasteiger partial charge >= 0.3 is 5.97 Å². The van der Waals surface area contributed by atoms with Crippen LogP contribution < -0.4 is 0 Å². The molecular weight excluding hydrogens is 175 g/mol. The molecule has 4 nitrogen and oxygen atoms in total. The van der Waals surface area contributed by atoms with E-state index in [0.717, 1.165) is 0 Å². The number of fused-ring (bicyclic) bond motifs is 1. The zero-order valence-electron chi connectivity index (χ0n) is 6.41. The van der Waals surface area contributed by atoms with Crippen molar-refractivity contribution in [3.8, 4) is 0 Å². The van der Waals surface area contributed by atoms with Crippen LogP contribution >= 0.6 is 0 Å². The summed E-state index contributed by atoms with van der Waals surface area (Å²) in [7, 11) is 0. The molecule has 0 aliphatic rings. The fraction of sp³-hybridized carbons (Fsp3) is 0. The zero-order valence-corrected chi connectivity index (χ0v) is 6.41. The van der Waals surface area contributed by atoms with E-state index >= 15 is 0 Å². The van der Waals surface area contributed by atoms with Crippen LogP contribution in [0.2, 0.25) is 0 Å². The van der Waals surface area contributed by atoms with Gasteiger partial charge < -0.3 is 10.1 Å². The predicted octanol–water partition coefficient (Wildman–Crippen LogP) is 1.40. The molecule has 66 valence electrons. The number of benzene rings is 1. The number of aromatic nitrogens is 2. The Labute approximate surface area is 72.0 Å². The van der Waals surface area contributed by atoms with Crippen molar-refractivity contribution in [2.75, 3.05) is 0 Å². The normalized spacial score (nSPS) is 10.5. The minimum absolute atomic E-state index is 0.108. The SMILES string of the molecule is O=C(O)c1ccc2nc(F)[nH]c2c1. The molecule has 0 saturated carbocycles. The second kappa shape index (κ2) is 2.55. The first kappa shape index (κ1) is 7.72. The molecule has 0 unspecified atom stereocenters. The highest BCUT2D eigenvalue weighted by Gasteiger charge is 2.06. The van der Waals surface area contributed by atoms with Gasteiger partial charge in [0.1, 0.15) is 0 Å². The number of aromatic carboxylic acids is 1. The van der Waals surface area contributed by atoms with Crippen molar-refractivity contribution in [3.05, 3.63) is 29.8 Å². The number of H-pyrrole nitrogens is 1. The first-order valence-corrected chi connectivity index (χ1v) is 3.55. The number of aromatic amines is 1. The molecule has 0 spiro atoms. The summed E-state index contributed by atoms with van der Waals surface area (Å²) in [5, 5.41) is 8.62. The van der Waals surface area contributed by atoms with E-state index in [1.54, 1.807) is 0 Å². The van der Waals surface area contributed by atoms with Gasteiger partial charge in [0, 0.05) is 0 Å². The molecule has 1 aromatic carbocycles. The summed E-state index contributed by atoms with van der Waals surface area (Å²) in [4.78, 5) is 16.3. The summed E-state index contributed by atoms with van der Waals surface area (Å²) in [6.07, 6.45) is -0.711. The quantitative estimate of drug-likeness (QED) is 0.697. The third-order valence-electron chi connectivity index (χ3n) is 1.70. The van der Waals surface area contributed by atoms with Gasteiger partial charge in [0.15, 0.2) is 0 Å². The number of nitrogens with zero attached hydrogens (tertiary/aromatic N) is 1. The number of halogens is 1. The highest BCUT2D eigenvalue weighted by molar-refractivity contribution is 5.92. The lowest BCUT2D eigenvalue weighted by Gasteiger charge is -1.92. The predicted molar refractivity (Wildman–Crippen MR) is 43.0 cm³/mol. The van der Waals surface area contributed by atoms with E-state index < -0.39 is 12.0 Å². The van der Waals surface area contributed by atoms with Crippen LogP contribution in [0.15, 0.2) is 18.2 Å². The van der Waals surface area contributed by atoms with Gasteiger partial charge in [-0.1, -0.05) is 0 Å². The smallest absolute Gasteiger partial charge is 0.335 e. The molecule has 13 heavy (non-hydrogen) atoms. The average Bonchev–Trinajstić information content (AvgIpc) is 2.42. The van der Waals surface area contributed by atoms with E-state index in [9.17, 15) is 9.18 Å². The van der Waals surface area contributed by atoms with Crippen LogP contribution in [0.1, 0.15) is 10.4 Å². The maximum Gasteiger partial charge on any atom is 0.335 e. The molecule has 0 bridgehead atoms. The first-order chi connectivity index (χ1) is 6.16. The van der Waals surface area contributed by atoms with Crippen molar-refractivity contribution in [2.24, 2.45) is 0 Å². The van der Waals surface area contributed by atoms with Crippen LogP contribution in [0.25, 0.3) is 11.0 Å². The molecule has 0 saturated heterocycles. The zero-order chi connectivity index (χ0) is 9.42. The largest absolute Gasteiger partial charge is 0.478 e. The lowest BCUT2D eigenvalue weighted by molar-refractivity contribution is 0.0697. The summed E-state index contributed by atoms with van der Waals surface area (Å²) in [5.41, 5.74) is 0.913. The molecule has 0 atom stereocenters. The summed E-state index contributed by atoms with van der Waals surface area (Å²) >= 11 is 0. The van der Waals surface area contributed by atoms with Crippen LogP contribution in [0.3, 0.4) is 0 Å². The van der Waals surface area contributed by atoms with Crippen LogP contribution in [0.4, 0.5) is 4.39 Å². The number of carboxylic acids is 1. The number of carbonyl (C=O) groups is 1. The molecule has 2 rings (SSSR count). The van der Waals surface area contributed by atoms with Gasteiger partial charge in [-0.25, -0.2) is 9.78 Å². The van der Waals surface area contributed by atoms with Crippen molar-refractivity contribution >= 4 is 17.0 Å². The van der Waals surface area contributed by atoms with Gasteiger partial charge in [-0.05, 0) is 18.2 Å². The van der Waals surface area contributed by atoms with E-state index in [1.165, 1.54) is 18.2 Å². The Balaban J connectivity index is 2.67. The third kappa shape index (κ3) is 1.24. The average molecular weight is 180 g/mol. The number of hydrogen-bond acceptors (Lipinski definition) is 2. The highest BCUT2D eigenvalue weighted by atomic mass is 19.1. The van der Waals surface area contributed by atoms with E-state index in [4.69, 9.17) is 5.11 Å². The van der Waals surface area contributed by atoms with Gasteiger partial charge in [-0.3, -0.25) is 0 Å². The van der Waals surface area contributed by atoms with E-state index in [1.807, 2.05) is 0 Å². The Kier molecular flexibility index (Phi) is 1.51. The van der Waals surface area contributed by atoms with Crippen LogP contribution in [-0.2, 0) is 0 Å².